The smallest absolute Gasteiger partial charge is 0.191 e. The number of hydrogen-bond acceptors (Lipinski definition) is 4. The van der Waals surface area contributed by atoms with Gasteiger partial charge in [-0.2, -0.15) is 0 Å². The fourth-order valence-electron chi connectivity index (χ4n) is 2.50. The van der Waals surface area contributed by atoms with Gasteiger partial charge in [0.25, 0.3) is 0 Å². The van der Waals surface area contributed by atoms with Gasteiger partial charge in [-0.15, -0.1) is 35.3 Å². The molecule has 1 aromatic heterocycles. The summed E-state index contributed by atoms with van der Waals surface area (Å²) in [5, 5.41) is 7.77. The number of nitrogens with one attached hydrogen (secondary N) is 2. The summed E-state index contributed by atoms with van der Waals surface area (Å²) in [5.74, 6) is 0.534. The van der Waals surface area contributed by atoms with Crippen LogP contribution in [0.3, 0.4) is 0 Å². The second kappa shape index (κ2) is 11.5. The molecule has 1 atom stereocenters. The molecule has 1 heterocycles. The molecule has 0 aliphatic heterocycles. The molecule has 0 radical (unpaired) electrons. The summed E-state index contributed by atoms with van der Waals surface area (Å²) < 4.78 is 13.1. The number of aliphatic imine (C=N–C) groups is 1. The molecule has 0 saturated heterocycles. The third-order valence-electron chi connectivity index (χ3n) is 3.87. The van der Waals surface area contributed by atoms with Crippen molar-refractivity contribution in [3.63, 3.8) is 0 Å². The van der Waals surface area contributed by atoms with Crippen molar-refractivity contribution in [2.75, 3.05) is 34.2 Å². The summed E-state index contributed by atoms with van der Waals surface area (Å²) in [6.45, 7) is 3.51. The lowest BCUT2D eigenvalue weighted by Gasteiger charge is -2.26. The van der Waals surface area contributed by atoms with Crippen LogP contribution >= 0.6 is 35.3 Å². The molecule has 2 aromatic rings. The third kappa shape index (κ3) is 7.16. The molecule has 5 nitrogen and oxygen atoms in total. The quantitative estimate of drug-likeness (QED) is 0.355. The second-order valence-corrected chi connectivity index (χ2v) is 7.34. The van der Waals surface area contributed by atoms with E-state index < -0.39 is 0 Å². The summed E-state index contributed by atoms with van der Waals surface area (Å²) in [7, 11) is 5.78. The zero-order chi connectivity index (χ0) is 18.2. The zero-order valence-corrected chi connectivity index (χ0v) is 18.8. The number of thiazole rings is 1. The first-order chi connectivity index (χ1) is 12.0. The first-order valence-electron chi connectivity index (χ1n) is 8.27. The molecule has 2 N–H and O–H groups in total. The number of aromatic nitrogens is 1. The van der Waals surface area contributed by atoms with E-state index in [0.717, 1.165) is 29.5 Å². The van der Waals surface area contributed by atoms with Gasteiger partial charge in [0.05, 0.1) is 11.0 Å². The molecular formula is C18H27FIN5S. The molecule has 0 saturated carbocycles. The Morgan fingerprint density at radius 2 is 1.96 bits per heavy atom. The van der Waals surface area contributed by atoms with Gasteiger partial charge in [0.2, 0.25) is 0 Å². The van der Waals surface area contributed by atoms with E-state index in [4.69, 9.17) is 0 Å². The zero-order valence-electron chi connectivity index (χ0n) is 15.6. The lowest BCUT2D eigenvalue weighted by molar-refractivity contribution is 0.298. The van der Waals surface area contributed by atoms with Gasteiger partial charge in [-0.1, -0.05) is 12.1 Å². The Morgan fingerprint density at radius 1 is 1.27 bits per heavy atom. The highest BCUT2D eigenvalue weighted by molar-refractivity contribution is 14.0. The van der Waals surface area contributed by atoms with Gasteiger partial charge in [0.15, 0.2) is 5.96 Å². The number of aryl methyl sites for hydroxylation is 1. The minimum atomic E-state index is -0.218. The molecule has 1 aromatic carbocycles. The molecule has 1 unspecified atom stereocenters. The van der Waals surface area contributed by atoms with Crippen LogP contribution in [-0.2, 0) is 6.42 Å². The van der Waals surface area contributed by atoms with Crippen LogP contribution in [0.5, 0.6) is 0 Å². The van der Waals surface area contributed by atoms with Crippen LogP contribution in [0.1, 0.15) is 21.5 Å². The summed E-state index contributed by atoms with van der Waals surface area (Å²) in [6, 6.07) is 6.76. The third-order valence-corrected chi connectivity index (χ3v) is 4.84. The molecule has 26 heavy (non-hydrogen) atoms. The van der Waals surface area contributed by atoms with Crippen LogP contribution in [0.25, 0.3) is 0 Å². The number of nitrogens with zero attached hydrogens (tertiary/aromatic N) is 3. The number of halogens is 2. The van der Waals surface area contributed by atoms with Gasteiger partial charge < -0.3 is 15.5 Å². The SMILES string of the molecule is CN=C(NCCc1ncc(C)s1)NCC(c1ccc(F)cc1)N(C)C.I. The van der Waals surface area contributed by atoms with Gasteiger partial charge in [-0.05, 0) is 38.7 Å². The molecule has 0 fully saturated rings. The fraction of sp³-hybridized carbons (Fsp3) is 0.444. The van der Waals surface area contributed by atoms with E-state index in [9.17, 15) is 4.39 Å². The first kappa shape index (κ1) is 22.8. The van der Waals surface area contributed by atoms with Crippen LogP contribution in [0.15, 0.2) is 35.5 Å². The van der Waals surface area contributed by atoms with Crippen molar-refractivity contribution >= 4 is 41.3 Å². The molecule has 0 aliphatic carbocycles. The predicted octanol–water partition coefficient (Wildman–Crippen LogP) is 3.22. The van der Waals surface area contributed by atoms with E-state index >= 15 is 0 Å². The van der Waals surface area contributed by atoms with Crippen molar-refractivity contribution in [3.8, 4) is 0 Å². The van der Waals surface area contributed by atoms with E-state index in [-0.39, 0.29) is 35.8 Å². The highest BCUT2D eigenvalue weighted by Gasteiger charge is 2.14. The number of likely N-dealkylation sites (N-methyl/N-ethyl adjacent to an activating group) is 1. The van der Waals surface area contributed by atoms with Crippen molar-refractivity contribution in [1.82, 2.24) is 20.5 Å². The largest absolute Gasteiger partial charge is 0.356 e. The Balaban J connectivity index is 0.00000338. The topological polar surface area (TPSA) is 52.6 Å². The number of benzene rings is 1. The lowest BCUT2D eigenvalue weighted by atomic mass is 10.1. The van der Waals surface area contributed by atoms with Crippen LogP contribution in [0, 0.1) is 12.7 Å². The normalized spacial score (nSPS) is 12.6. The van der Waals surface area contributed by atoms with Gasteiger partial charge >= 0.3 is 0 Å². The van der Waals surface area contributed by atoms with Gasteiger partial charge in [-0.3, -0.25) is 4.99 Å². The molecule has 8 heteroatoms. The molecule has 2 rings (SSSR count). The predicted molar refractivity (Wildman–Crippen MR) is 118 cm³/mol. The van der Waals surface area contributed by atoms with Crippen molar-refractivity contribution in [2.24, 2.45) is 4.99 Å². The summed E-state index contributed by atoms with van der Waals surface area (Å²) in [4.78, 5) is 12.0. The number of rotatable bonds is 7. The minimum absolute atomic E-state index is 0. The average molecular weight is 491 g/mol. The van der Waals surface area contributed by atoms with E-state index in [1.165, 1.54) is 17.0 Å². The fourth-order valence-corrected chi connectivity index (χ4v) is 3.29. The van der Waals surface area contributed by atoms with Crippen LogP contribution in [0.4, 0.5) is 4.39 Å². The van der Waals surface area contributed by atoms with Gasteiger partial charge in [-0.25, -0.2) is 9.37 Å². The highest BCUT2D eigenvalue weighted by atomic mass is 127. The van der Waals surface area contributed by atoms with Crippen molar-refractivity contribution in [3.05, 3.63) is 51.7 Å². The Hall–Kier alpha value is -1.26. The maximum absolute atomic E-state index is 13.1. The first-order valence-corrected chi connectivity index (χ1v) is 9.09. The van der Waals surface area contributed by atoms with Crippen LogP contribution in [0.2, 0.25) is 0 Å². The lowest BCUT2D eigenvalue weighted by Crippen LogP contribution is -2.42. The Labute approximate surface area is 176 Å². The molecular weight excluding hydrogens is 464 g/mol. The summed E-state index contributed by atoms with van der Waals surface area (Å²) in [6.07, 6.45) is 2.77. The van der Waals surface area contributed by atoms with Crippen molar-refractivity contribution < 1.29 is 4.39 Å². The van der Waals surface area contributed by atoms with E-state index in [2.05, 4.69) is 32.4 Å². The minimum Gasteiger partial charge on any atom is -0.356 e. The van der Waals surface area contributed by atoms with Crippen molar-refractivity contribution in [1.29, 1.82) is 0 Å². The highest BCUT2D eigenvalue weighted by Crippen LogP contribution is 2.17. The summed E-state index contributed by atoms with van der Waals surface area (Å²) in [5.41, 5.74) is 1.06. The molecule has 144 valence electrons. The molecule has 0 amide bonds. The Bertz CT molecular complexity index is 687. The maximum atomic E-state index is 13.1. The molecule has 0 spiro atoms. The number of guanidine groups is 1. The Morgan fingerprint density at radius 3 is 2.50 bits per heavy atom. The van der Waals surface area contributed by atoms with Crippen LogP contribution in [-0.4, -0.2) is 50.1 Å². The van der Waals surface area contributed by atoms with Gasteiger partial charge in [0.1, 0.15) is 5.82 Å². The molecule has 0 aliphatic rings. The van der Waals surface area contributed by atoms with Crippen LogP contribution < -0.4 is 10.6 Å². The monoisotopic (exact) mass is 491 g/mol. The standard InChI is InChI=1S/C18H26FN5S.HI/c1-13-11-22-17(25-13)9-10-21-18(20-2)23-12-16(24(3)4)14-5-7-15(19)8-6-14;/h5-8,11,16H,9-10,12H2,1-4H3,(H2,20,21,23);1H. The summed E-state index contributed by atoms with van der Waals surface area (Å²) >= 11 is 1.72. The second-order valence-electron chi connectivity index (χ2n) is 6.03. The maximum Gasteiger partial charge on any atom is 0.191 e. The number of hydrogen-bond donors (Lipinski definition) is 2. The van der Waals surface area contributed by atoms with Crippen molar-refractivity contribution in [2.45, 2.75) is 19.4 Å². The van der Waals surface area contributed by atoms with E-state index in [0.29, 0.717) is 6.54 Å². The van der Waals surface area contributed by atoms with E-state index in [1.54, 1.807) is 18.4 Å². The average Bonchev–Trinajstić information content (AvgIpc) is 3.00. The van der Waals surface area contributed by atoms with Gasteiger partial charge in [0, 0.05) is 37.6 Å². The van der Waals surface area contributed by atoms with E-state index in [1.807, 2.05) is 32.4 Å². The Kier molecular flexibility index (Phi) is 10.0. The molecule has 0 bridgehead atoms.